The maximum atomic E-state index is 11.5. The van der Waals surface area contributed by atoms with E-state index in [2.05, 4.69) is 6.07 Å². The molecule has 1 aliphatic rings. The average Bonchev–Trinajstić information content (AvgIpc) is 3.22. The van der Waals surface area contributed by atoms with E-state index >= 15 is 0 Å². The van der Waals surface area contributed by atoms with Gasteiger partial charge < -0.3 is 9.84 Å². The van der Waals surface area contributed by atoms with Gasteiger partial charge in [0.25, 0.3) is 0 Å². The maximum absolute atomic E-state index is 11.5. The molecule has 1 saturated heterocycles. The Morgan fingerprint density at radius 2 is 2.08 bits per heavy atom. The number of ether oxygens (including phenoxy) is 1. The van der Waals surface area contributed by atoms with Crippen molar-refractivity contribution in [3.05, 3.63) is 46.8 Å². The molecule has 26 heavy (non-hydrogen) atoms. The predicted molar refractivity (Wildman–Crippen MR) is 99.9 cm³/mol. The van der Waals surface area contributed by atoms with Gasteiger partial charge in [0.1, 0.15) is 16.5 Å². The van der Waals surface area contributed by atoms with E-state index in [0.29, 0.717) is 10.4 Å². The quantitative estimate of drug-likeness (QED) is 0.810. The molecule has 0 spiro atoms. The van der Waals surface area contributed by atoms with Crippen molar-refractivity contribution in [2.45, 2.75) is 24.2 Å². The van der Waals surface area contributed by atoms with E-state index in [1.54, 1.807) is 13.0 Å². The Morgan fingerprint density at radius 3 is 2.65 bits per heavy atom. The minimum atomic E-state index is -3.66. The minimum absolute atomic E-state index is 0.117. The second-order valence-corrected chi connectivity index (χ2v) is 9.69. The molecule has 0 radical (unpaired) electrons. The number of hydrogen-bond acceptors (Lipinski definition) is 6. The fraction of sp³-hybridized carbons (Fsp3) is 0.389. The first-order chi connectivity index (χ1) is 12.2. The molecule has 3 rings (SSSR count). The lowest BCUT2D eigenvalue weighted by molar-refractivity contribution is -0.00577. The summed E-state index contributed by atoms with van der Waals surface area (Å²) in [6, 6.07) is 13.2. The van der Waals surface area contributed by atoms with Crippen molar-refractivity contribution < 1.29 is 18.3 Å². The van der Waals surface area contributed by atoms with Crippen LogP contribution >= 0.6 is 11.3 Å². The van der Waals surface area contributed by atoms with E-state index in [1.165, 1.54) is 11.3 Å². The molecule has 0 amide bonds. The first kappa shape index (κ1) is 19.0. The minimum Gasteiger partial charge on any atom is -0.382 e. The number of nitrogens with two attached hydrogens (primary N) is 1. The zero-order valence-electron chi connectivity index (χ0n) is 14.3. The molecule has 0 bridgehead atoms. The van der Waals surface area contributed by atoms with Crippen LogP contribution in [0.15, 0.2) is 36.4 Å². The van der Waals surface area contributed by atoms with E-state index in [0.717, 1.165) is 10.4 Å². The van der Waals surface area contributed by atoms with E-state index in [9.17, 15) is 13.5 Å². The Kier molecular flexibility index (Phi) is 5.19. The number of thiophene rings is 1. The molecule has 0 aliphatic carbocycles. The summed E-state index contributed by atoms with van der Waals surface area (Å²) in [6.07, 6.45) is 0.230. The van der Waals surface area contributed by atoms with Crippen LogP contribution in [0.5, 0.6) is 0 Å². The van der Waals surface area contributed by atoms with Crippen LogP contribution < -0.4 is 5.14 Å². The van der Waals surface area contributed by atoms with Gasteiger partial charge in [-0.15, -0.1) is 11.3 Å². The summed E-state index contributed by atoms with van der Waals surface area (Å²) in [5.74, 6) is -0.353. The Bertz CT molecular complexity index is 931. The van der Waals surface area contributed by atoms with Gasteiger partial charge >= 0.3 is 0 Å². The lowest BCUT2D eigenvalue weighted by atomic mass is 9.81. The SMILES string of the molecule is CC(C[C@@H]1COC[C@]1(O)c1ccc(-c2ccc(C#N)s2)cc1)S(N)(=O)=O. The standard InChI is InChI=1S/C18H20N2O4S2/c1-12(26(20,22)23)8-15-10-24-11-18(15,21)14-4-2-13(3-5-14)17-7-6-16(9-19)25-17/h2-7,12,15,21H,8,10-11H2,1H3,(H2,20,22,23)/t12?,15-,18+/m1/s1. The van der Waals surface area contributed by atoms with Crippen LogP contribution in [-0.4, -0.2) is 32.0 Å². The van der Waals surface area contributed by atoms with Crippen LogP contribution in [0.25, 0.3) is 10.4 Å². The zero-order chi connectivity index (χ0) is 18.9. The van der Waals surface area contributed by atoms with Crippen LogP contribution in [0.1, 0.15) is 23.8 Å². The molecule has 1 fully saturated rings. The summed E-state index contributed by atoms with van der Waals surface area (Å²) < 4.78 is 28.5. The number of nitriles is 1. The number of nitrogens with zero attached hydrogens (tertiary/aromatic N) is 1. The zero-order valence-corrected chi connectivity index (χ0v) is 15.9. The largest absolute Gasteiger partial charge is 0.382 e. The maximum Gasteiger partial charge on any atom is 0.211 e. The summed E-state index contributed by atoms with van der Waals surface area (Å²) >= 11 is 1.41. The molecule has 1 aromatic carbocycles. The lowest BCUT2D eigenvalue weighted by Crippen LogP contribution is -2.38. The average molecular weight is 393 g/mol. The molecule has 2 heterocycles. The summed E-state index contributed by atoms with van der Waals surface area (Å²) in [7, 11) is -3.66. The molecule has 6 nitrogen and oxygen atoms in total. The van der Waals surface area contributed by atoms with Gasteiger partial charge in [0, 0.05) is 10.8 Å². The van der Waals surface area contributed by atoms with Gasteiger partial charge in [0.05, 0.1) is 18.5 Å². The van der Waals surface area contributed by atoms with Gasteiger partial charge in [-0.05, 0) is 36.6 Å². The van der Waals surface area contributed by atoms with Crippen LogP contribution in [0.2, 0.25) is 0 Å². The third-order valence-electron chi connectivity index (χ3n) is 4.88. The van der Waals surface area contributed by atoms with E-state index < -0.39 is 20.9 Å². The highest BCUT2D eigenvalue weighted by Crippen LogP contribution is 2.39. The third-order valence-corrected chi connectivity index (χ3v) is 7.23. The highest BCUT2D eigenvalue weighted by molar-refractivity contribution is 7.89. The van der Waals surface area contributed by atoms with Crippen molar-refractivity contribution in [3.8, 4) is 16.5 Å². The smallest absolute Gasteiger partial charge is 0.211 e. The van der Waals surface area contributed by atoms with Gasteiger partial charge in [0.2, 0.25) is 10.0 Å². The second-order valence-electron chi connectivity index (χ2n) is 6.62. The van der Waals surface area contributed by atoms with Crippen LogP contribution in [-0.2, 0) is 20.4 Å². The summed E-state index contributed by atoms with van der Waals surface area (Å²) in [5.41, 5.74) is 0.393. The Hall–Kier alpha value is -1.76. The Labute approximate surface area is 156 Å². The molecule has 3 atom stereocenters. The van der Waals surface area contributed by atoms with Crippen molar-refractivity contribution >= 4 is 21.4 Å². The lowest BCUT2D eigenvalue weighted by Gasteiger charge is -2.30. The number of primary sulfonamides is 1. The van der Waals surface area contributed by atoms with Crippen molar-refractivity contribution in [1.29, 1.82) is 5.26 Å². The summed E-state index contributed by atoms with van der Waals surface area (Å²) in [6.45, 7) is 1.95. The first-order valence-corrected chi connectivity index (χ1v) is 10.6. The van der Waals surface area contributed by atoms with Gasteiger partial charge in [0.15, 0.2) is 0 Å². The van der Waals surface area contributed by atoms with Crippen molar-refractivity contribution in [3.63, 3.8) is 0 Å². The van der Waals surface area contributed by atoms with Gasteiger partial charge in [-0.3, -0.25) is 0 Å². The van der Waals surface area contributed by atoms with Crippen LogP contribution in [0, 0.1) is 17.2 Å². The molecule has 3 N–H and O–H groups in total. The topological polar surface area (TPSA) is 113 Å². The Balaban J connectivity index is 1.83. The van der Waals surface area contributed by atoms with Crippen LogP contribution in [0.3, 0.4) is 0 Å². The van der Waals surface area contributed by atoms with Gasteiger partial charge in [-0.25, -0.2) is 13.6 Å². The number of rotatable bonds is 5. The van der Waals surface area contributed by atoms with Gasteiger partial charge in [-0.1, -0.05) is 24.3 Å². The van der Waals surface area contributed by atoms with Crippen molar-refractivity contribution in [2.75, 3.05) is 13.2 Å². The highest BCUT2D eigenvalue weighted by atomic mass is 32.2. The third kappa shape index (κ3) is 3.68. The predicted octanol–water partition coefficient (Wildman–Crippen LogP) is 2.19. The van der Waals surface area contributed by atoms with E-state index in [-0.39, 0.29) is 25.6 Å². The number of sulfonamides is 1. The van der Waals surface area contributed by atoms with Gasteiger partial charge in [-0.2, -0.15) is 5.26 Å². The summed E-state index contributed by atoms with van der Waals surface area (Å²) in [5, 5.41) is 24.5. The Morgan fingerprint density at radius 1 is 1.38 bits per heavy atom. The number of hydrogen-bond donors (Lipinski definition) is 2. The number of benzene rings is 1. The molecular weight excluding hydrogens is 372 g/mol. The second kappa shape index (κ2) is 7.10. The van der Waals surface area contributed by atoms with E-state index in [4.69, 9.17) is 15.1 Å². The monoisotopic (exact) mass is 392 g/mol. The normalized spacial score (nSPS) is 24.3. The fourth-order valence-electron chi connectivity index (χ4n) is 3.21. The fourth-order valence-corrected chi connectivity index (χ4v) is 4.51. The molecule has 0 saturated carbocycles. The van der Waals surface area contributed by atoms with Crippen molar-refractivity contribution in [1.82, 2.24) is 0 Å². The van der Waals surface area contributed by atoms with Crippen LogP contribution in [0.4, 0.5) is 0 Å². The molecular formula is C18H20N2O4S2. The molecule has 2 aromatic rings. The molecule has 1 aliphatic heterocycles. The molecule has 138 valence electrons. The molecule has 1 unspecified atom stereocenters. The number of aliphatic hydroxyl groups is 1. The molecule has 1 aromatic heterocycles. The first-order valence-electron chi connectivity index (χ1n) is 8.16. The van der Waals surface area contributed by atoms with E-state index in [1.807, 2.05) is 30.3 Å². The summed E-state index contributed by atoms with van der Waals surface area (Å²) in [4.78, 5) is 1.62. The molecule has 8 heteroatoms. The highest BCUT2D eigenvalue weighted by Gasteiger charge is 2.45. The van der Waals surface area contributed by atoms with Crippen molar-refractivity contribution in [2.24, 2.45) is 11.1 Å².